The maximum Gasteiger partial charge on any atom is 0.258 e. The summed E-state index contributed by atoms with van der Waals surface area (Å²) >= 11 is 11.3. The first kappa shape index (κ1) is 20.9. The first-order valence-corrected chi connectivity index (χ1v) is 9.46. The Hall–Kier alpha value is -2.44. The molecule has 27 heavy (non-hydrogen) atoms. The van der Waals surface area contributed by atoms with Crippen molar-refractivity contribution >= 4 is 52.1 Å². The van der Waals surface area contributed by atoms with Crippen LogP contribution in [0.15, 0.2) is 42.5 Å². The van der Waals surface area contributed by atoms with Crippen LogP contribution in [0.3, 0.4) is 0 Å². The number of aryl methyl sites for hydroxylation is 1. The van der Waals surface area contributed by atoms with Gasteiger partial charge in [-0.3, -0.25) is 14.9 Å². The van der Waals surface area contributed by atoms with Gasteiger partial charge in [-0.15, -0.1) is 0 Å². The van der Waals surface area contributed by atoms with Crippen LogP contribution in [-0.4, -0.2) is 16.9 Å². The van der Waals surface area contributed by atoms with E-state index in [0.717, 1.165) is 18.4 Å². The van der Waals surface area contributed by atoms with Crippen molar-refractivity contribution in [3.63, 3.8) is 0 Å². The molecule has 0 radical (unpaired) electrons. The van der Waals surface area contributed by atoms with Gasteiger partial charge in [-0.05, 0) is 61.5 Å². The van der Waals surface area contributed by atoms with E-state index in [1.165, 1.54) is 0 Å². The Morgan fingerprint density at radius 1 is 1.07 bits per heavy atom. The Bertz CT molecular complexity index is 855. The number of halogens is 1. The molecule has 0 saturated carbocycles. The molecule has 0 aliphatic rings. The van der Waals surface area contributed by atoms with Crippen molar-refractivity contribution < 1.29 is 9.59 Å². The normalized spacial score (nSPS) is 10.2. The van der Waals surface area contributed by atoms with Gasteiger partial charge >= 0.3 is 0 Å². The lowest BCUT2D eigenvalue weighted by Crippen LogP contribution is -2.34. The van der Waals surface area contributed by atoms with Crippen LogP contribution >= 0.6 is 23.8 Å². The summed E-state index contributed by atoms with van der Waals surface area (Å²) in [4.78, 5) is 24.1. The summed E-state index contributed by atoms with van der Waals surface area (Å²) in [6.07, 6.45) is 2.30. The molecule has 0 saturated heterocycles. The fourth-order valence-electron chi connectivity index (χ4n) is 2.37. The molecule has 2 rings (SSSR count). The maximum atomic E-state index is 12.3. The van der Waals surface area contributed by atoms with Crippen molar-refractivity contribution in [2.45, 2.75) is 33.1 Å². The van der Waals surface area contributed by atoms with Gasteiger partial charge in [0.15, 0.2) is 5.11 Å². The van der Waals surface area contributed by atoms with E-state index >= 15 is 0 Å². The first-order valence-electron chi connectivity index (χ1n) is 8.67. The Kier molecular flexibility index (Phi) is 7.76. The SMILES string of the molecule is CCCCC(=O)Nc1cccc(NC(=S)NC(=O)c2ccc(C)cc2Cl)c1. The van der Waals surface area contributed by atoms with Crippen molar-refractivity contribution in [3.05, 3.63) is 58.6 Å². The van der Waals surface area contributed by atoms with Crippen LogP contribution in [0.25, 0.3) is 0 Å². The van der Waals surface area contributed by atoms with Crippen LogP contribution in [-0.2, 0) is 4.79 Å². The van der Waals surface area contributed by atoms with Crippen molar-refractivity contribution in [3.8, 4) is 0 Å². The van der Waals surface area contributed by atoms with Gasteiger partial charge in [0.1, 0.15) is 0 Å². The number of thiocarbonyl (C=S) groups is 1. The van der Waals surface area contributed by atoms with Crippen molar-refractivity contribution in [2.24, 2.45) is 0 Å². The van der Waals surface area contributed by atoms with Gasteiger partial charge in [-0.1, -0.05) is 37.1 Å². The molecule has 0 aromatic heterocycles. The monoisotopic (exact) mass is 403 g/mol. The molecule has 0 unspecified atom stereocenters. The number of benzene rings is 2. The van der Waals surface area contributed by atoms with Gasteiger partial charge in [0.2, 0.25) is 5.91 Å². The van der Waals surface area contributed by atoms with Crippen molar-refractivity contribution in [1.82, 2.24) is 5.32 Å². The topological polar surface area (TPSA) is 70.2 Å². The second kappa shape index (κ2) is 10.0. The van der Waals surface area contributed by atoms with E-state index in [1.807, 2.05) is 19.9 Å². The Balaban J connectivity index is 1.96. The molecule has 142 valence electrons. The van der Waals surface area contributed by atoms with E-state index in [0.29, 0.717) is 28.4 Å². The number of rotatable bonds is 6. The number of amides is 2. The standard InChI is InChI=1S/C20H22ClN3O2S/c1-3-4-8-18(25)22-14-6-5-7-15(12-14)23-20(27)24-19(26)16-10-9-13(2)11-17(16)21/h5-7,9-12H,3-4,8H2,1-2H3,(H,22,25)(H2,23,24,26,27). The maximum absolute atomic E-state index is 12.3. The number of carbonyl (C=O) groups excluding carboxylic acids is 2. The fourth-order valence-corrected chi connectivity index (χ4v) is 2.90. The minimum Gasteiger partial charge on any atom is -0.332 e. The zero-order chi connectivity index (χ0) is 19.8. The highest BCUT2D eigenvalue weighted by Crippen LogP contribution is 2.18. The summed E-state index contributed by atoms with van der Waals surface area (Å²) < 4.78 is 0. The molecular weight excluding hydrogens is 382 g/mol. The van der Waals surface area contributed by atoms with E-state index in [2.05, 4.69) is 16.0 Å². The molecule has 0 spiro atoms. The third-order valence-electron chi connectivity index (χ3n) is 3.76. The first-order chi connectivity index (χ1) is 12.9. The number of hydrogen-bond acceptors (Lipinski definition) is 3. The van der Waals surface area contributed by atoms with Crippen LogP contribution in [0.1, 0.15) is 42.1 Å². The van der Waals surface area contributed by atoms with Gasteiger partial charge in [0.25, 0.3) is 5.91 Å². The summed E-state index contributed by atoms with van der Waals surface area (Å²) in [5.41, 5.74) is 2.64. The van der Waals surface area contributed by atoms with Gasteiger partial charge in [-0.25, -0.2) is 0 Å². The van der Waals surface area contributed by atoms with Gasteiger partial charge in [-0.2, -0.15) is 0 Å². The average Bonchev–Trinajstić information content (AvgIpc) is 2.59. The molecule has 0 fully saturated rings. The summed E-state index contributed by atoms with van der Waals surface area (Å²) in [6, 6.07) is 12.3. The zero-order valence-corrected chi connectivity index (χ0v) is 16.8. The van der Waals surface area contributed by atoms with E-state index in [-0.39, 0.29) is 16.9 Å². The molecular formula is C20H22ClN3O2S. The van der Waals surface area contributed by atoms with Crippen molar-refractivity contribution in [2.75, 3.05) is 10.6 Å². The highest BCUT2D eigenvalue weighted by molar-refractivity contribution is 7.80. The Morgan fingerprint density at radius 3 is 2.44 bits per heavy atom. The fraction of sp³-hybridized carbons (Fsp3) is 0.250. The molecule has 0 aliphatic heterocycles. The molecule has 2 aromatic carbocycles. The van der Waals surface area contributed by atoms with Crippen LogP contribution < -0.4 is 16.0 Å². The number of nitrogens with one attached hydrogen (secondary N) is 3. The highest BCUT2D eigenvalue weighted by Gasteiger charge is 2.12. The third-order valence-corrected chi connectivity index (χ3v) is 4.27. The lowest BCUT2D eigenvalue weighted by atomic mass is 10.1. The largest absolute Gasteiger partial charge is 0.332 e. The highest BCUT2D eigenvalue weighted by atomic mass is 35.5. The summed E-state index contributed by atoms with van der Waals surface area (Å²) in [5, 5.41) is 8.89. The predicted molar refractivity (Wildman–Crippen MR) is 114 cm³/mol. The van der Waals surface area contributed by atoms with Gasteiger partial charge < -0.3 is 10.6 Å². The average molecular weight is 404 g/mol. The number of carbonyl (C=O) groups is 2. The predicted octanol–water partition coefficient (Wildman–Crippen LogP) is 4.90. The zero-order valence-electron chi connectivity index (χ0n) is 15.3. The Morgan fingerprint density at radius 2 is 1.78 bits per heavy atom. The van der Waals surface area contributed by atoms with Crippen molar-refractivity contribution in [1.29, 1.82) is 0 Å². The Labute approximate surface area is 169 Å². The smallest absolute Gasteiger partial charge is 0.258 e. The van der Waals surface area contributed by atoms with E-state index in [1.54, 1.807) is 36.4 Å². The molecule has 2 amide bonds. The summed E-state index contributed by atoms with van der Waals surface area (Å²) in [7, 11) is 0. The molecule has 0 aliphatic carbocycles. The molecule has 0 heterocycles. The molecule has 0 bridgehead atoms. The minimum absolute atomic E-state index is 0.0288. The molecule has 0 atom stereocenters. The van der Waals surface area contributed by atoms with Crippen LogP contribution in [0.5, 0.6) is 0 Å². The van der Waals surface area contributed by atoms with Gasteiger partial charge in [0.05, 0.1) is 10.6 Å². The molecule has 2 aromatic rings. The summed E-state index contributed by atoms with van der Waals surface area (Å²) in [6.45, 7) is 3.94. The lowest BCUT2D eigenvalue weighted by molar-refractivity contribution is -0.116. The minimum atomic E-state index is -0.387. The van der Waals surface area contributed by atoms with Crippen LogP contribution in [0, 0.1) is 6.92 Å². The third kappa shape index (κ3) is 6.66. The quantitative estimate of drug-likeness (QED) is 0.599. The van der Waals surface area contributed by atoms with E-state index in [4.69, 9.17) is 23.8 Å². The van der Waals surface area contributed by atoms with Gasteiger partial charge in [0, 0.05) is 17.8 Å². The molecule has 7 heteroatoms. The molecule has 5 nitrogen and oxygen atoms in total. The van der Waals surface area contributed by atoms with E-state index in [9.17, 15) is 9.59 Å². The van der Waals surface area contributed by atoms with Crippen LogP contribution in [0.4, 0.5) is 11.4 Å². The lowest BCUT2D eigenvalue weighted by Gasteiger charge is -2.12. The number of anilines is 2. The molecule has 3 N–H and O–H groups in total. The van der Waals surface area contributed by atoms with Crippen LogP contribution in [0.2, 0.25) is 5.02 Å². The van der Waals surface area contributed by atoms with E-state index < -0.39 is 0 Å². The number of hydrogen-bond donors (Lipinski definition) is 3. The summed E-state index contributed by atoms with van der Waals surface area (Å²) in [5.74, 6) is -0.416. The second-order valence-corrected chi connectivity index (χ2v) is 6.94. The second-order valence-electron chi connectivity index (χ2n) is 6.12. The number of unbranched alkanes of at least 4 members (excludes halogenated alkanes) is 1.